The molecule has 0 heterocycles. The van der Waals surface area contributed by atoms with Gasteiger partial charge in [-0.2, -0.15) is 5.26 Å². The van der Waals surface area contributed by atoms with E-state index in [1.54, 1.807) is 24.3 Å². The monoisotopic (exact) mass is 361 g/mol. The van der Waals surface area contributed by atoms with Crippen molar-refractivity contribution in [2.45, 2.75) is 25.8 Å². The number of carbonyl (C=O) groups excluding carboxylic acids is 1. The fourth-order valence-corrected chi connectivity index (χ4v) is 2.50. The van der Waals surface area contributed by atoms with Crippen LogP contribution in [0.2, 0.25) is 10.0 Å². The lowest BCUT2D eigenvalue weighted by Gasteiger charge is -2.27. The van der Waals surface area contributed by atoms with Gasteiger partial charge in [0.05, 0.1) is 28.1 Å². The average molecular weight is 362 g/mol. The Balaban J connectivity index is 2.04. The summed E-state index contributed by atoms with van der Waals surface area (Å²) < 4.78 is 0. The highest BCUT2D eigenvalue weighted by molar-refractivity contribution is 6.42. The second-order valence-corrected chi connectivity index (χ2v) is 6.68. The van der Waals surface area contributed by atoms with E-state index in [1.165, 1.54) is 0 Å². The minimum absolute atomic E-state index is 0.334. The van der Waals surface area contributed by atoms with Crippen molar-refractivity contribution in [3.8, 4) is 6.07 Å². The van der Waals surface area contributed by atoms with Crippen LogP contribution in [0.4, 0.5) is 10.5 Å². The van der Waals surface area contributed by atoms with Gasteiger partial charge in [0.15, 0.2) is 0 Å². The number of nitrogens with one attached hydrogen (secondary N) is 2. The molecule has 2 N–H and O–H groups in total. The number of hydrogen-bond acceptors (Lipinski definition) is 2. The molecule has 0 aliphatic carbocycles. The summed E-state index contributed by atoms with van der Waals surface area (Å²) >= 11 is 12.0. The predicted molar refractivity (Wildman–Crippen MR) is 97.4 cm³/mol. The Kier molecular flexibility index (Phi) is 5.71. The van der Waals surface area contributed by atoms with E-state index in [1.807, 2.05) is 32.0 Å². The van der Waals surface area contributed by atoms with Gasteiger partial charge in [-0.25, -0.2) is 4.79 Å². The Labute approximate surface area is 151 Å². The molecule has 0 saturated heterocycles. The first-order valence-electron chi connectivity index (χ1n) is 7.32. The van der Waals surface area contributed by atoms with Crippen LogP contribution in [0.5, 0.6) is 0 Å². The van der Waals surface area contributed by atoms with Gasteiger partial charge in [0, 0.05) is 5.69 Å². The van der Waals surface area contributed by atoms with Crippen LogP contribution in [-0.4, -0.2) is 6.03 Å². The van der Waals surface area contributed by atoms with Crippen molar-refractivity contribution >= 4 is 34.9 Å². The molecule has 0 atom stereocenters. The largest absolute Gasteiger partial charge is 0.329 e. The van der Waals surface area contributed by atoms with Crippen molar-refractivity contribution in [3.05, 3.63) is 63.6 Å². The third kappa shape index (κ3) is 4.64. The molecule has 2 aromatic carbocycles. The smallest absolute Gasteiger partial charge is 0.319 e. The first-order valence-corrected chi connectivity index (χ1v) is 8.08. The number of benzene rings is 2. The summed E-state index contributed by atoms with van der Waals surface area (Å²) in [6, 6.07) is 14.2. The summed E-state index contributed by atoms with van der Waals surface area (Å²) in [4.78, 5) is 12.2. The molecule has 124 valence electrons. The van der Waals surface area contributed by atoms with E-state index in [9.17, 15) is 4.79 Å². The Hall–Kier alpha value is -2.22. The van der Waals surface area contributed by atoms with Gasteiger partial charge in [-0.05, 0) is 49.2 Å². The highest BCUT2D eigenvalue weighted by atomic mass is 35.5. The maximum absolute atomic E-state index is 12.2. The molecule has 0 bridgehead atoms. The Bertz CT molecular complexity index is 780. The number of anilines is 1. The molecule has 0 saturated carbocycles. The third-order valence-corrected chi connectivity index (χ3v) is 4.30. The Morgan fingerprint density at radius 3 is 2.38 bits per heavy atom. The van der Waals surface area contributed by atoms with Crippen LogP contribution >= 0.6 is 23.2 Å². The van der Waals surface area contributed by atoms with E-state index < -0.39 is 5.54 Å². The number of nitriles is 1. The number of urea groups is 1. The Morgan fingerprint density at radius 1 is 1.12 bits per heavy atom. The lowest BCUT2D eigenvalue weighted by atomic mass is 9.94. The average Bonchev–Trinajstić information content (AvgIpc) is 2.51. The maximum atomic E-state index is 12.2. The molecule has 2 amide bonds. The van der Waals surface area contributed by atoms with Crippen LogP contribution in [0.25, 0.3) is 0 Å². The molecule has 6 heteroatoms. The first-order chi connectivity index (χ1) is 11.3. The summed E-state index contributed by atoms with van der Waals surface area (Å²) in [5.74, 6) is 0. The fraction of sp³-hybridized carbons (Fsp3) is 0.222. The van der Waals surface area contributed by atoms with Gasteiger partial charge < -0.3 is 10.6 Å². The molecule has 0 spiro atoms. The van der Waals surface area contributed by atoms with Crippen LogP contribution in [0.3, 0.4) is 0 Å². The van der Waals surface area contributed by atoms with Gasteiger partial charge in [0.2, 0.25) is 0 Å². The highest BCUT2D eigenvalue weighted by Gasteiger charge is 2.23. The lowest BCUT2D eigenvalue weighted by molar-refractivity contribution is 0.242. The fourth-order valence-electron chi connectivity index (χ4n) is 2.20. The summed E-state index contributed by atoms with van der Waals surface area (Å²) in [6.07, 6.45) is 0.344. The van der Waals surface area contributed by atoms with Crippen molar-refractivity contribution < 1.29 is 4.79 Å². The van der Waals surface area contributed by atoms with Crippen molar-refractivity contribution in [1.29, 1.82) is 5.26 Å². The second-order valence-electron chi connectivity index (χ2n) is 5.86. The molecular weight excluding hydrogens is 345 g/mol. The van der Waals surface area contributed by atoms with Crippen LogP contribution in [0.1, 0.15) is 25.0 Å². The quantitative estimate of drug-likeness (QED) is 0.793. The Morgan fingerprint density at radius 2 is 1.79 bits per heavy atom. The molecule has 2 aromatic rings. The van der Waals surface area contributed by atoms with Gasteiger partial charge >= 0.3 is 6.03 Å². The highest BCUT2D eigenvalue weighted by Crippen LogP contribution is 2.28. The van der Waals surface area contributed by atoms with Crippen LogP contribution in [0, 0.1) is 11.3 Å². The molecular formula is C18H17Cl2N3O. The summed E-state index contributed by atoms with van der Waals surface area (Å²) in [5.41, 5.74) is 1.77. The van der Waals surface area contributed by atoms with E-state index >= 15 is 0 Å². The summed E-state index contributed by atoms with van der Waals surface area (Å²) in [6.45, 7) is 3.75. The van der Waals surface area contributed by atoms with Crippen LogP contribution in [0.15, 0.2) is 42.5 Å². The minimum Gasteiger partial charge on any atom is -0.329 e. The SMILES string of the molecule is CC(C)(NC(=O)Nc1ccc(CC#N)cc1)c1ccc(Cl)c(Cl)c1. The number of nitrogens with zero attached hydrogens (tertiary/aromatic N) is 1. The number of carbonyl (C=O) groups is 1. The maximum Gasteiger partial charge on any atom is 0.319 e. The zero-order chi connectivity index (χ0) is 17.7. The molecule has 0 aliphatic heterocycles. The van der Waals surface area contributed by atoms with Gasteiger partial charge in [-0.1, -0.05) is 41.4 Å². The zero-order valence-corrected chi connectivity index (χ0v) is 14.9. The predicted octanol–water partition coefficient (Wildman–Crippen LogP) is 5.12. The van der Waals surface area contributed by atoms with E-state index in [-0.39, 0.29) is 6.03 Å². The summed E-state index contributed by atoms with van der Waals surface area (Å²) in [7, 11) is 0. The molecule has 0 aromatic heterocycles. The van der Waals surface area contributed by atoms with E-state index in [0.717, 1.165) is 11.1 Å². The number of rotatable bonds is 4. The summed E-state index contributed by atoms with van der Waals surface area (Å²) in [5, 5.41) is 15.2. The molecule has 0 fully saturated rings. The van der Waals surface area contributed by atoms with E-state index in [4.69, 9.17) is 28.5 Å². The third-order valence-electron chi connectivity index (χ3n) is 3.56. The van der Waals surface area contributed by atoms with Gasteiger partial charge in [-0.3, -0.25) is 0 Å². The number of amides is 2. The van der Waals surface area contributed by atoms with Crippen LogP contribution in [-0.2, 0) is 12.0 Å². The minimum atomic E-state index is -0.626. The van der Waals surface area contributed by atoms with Crippen LogP contribution < -0.4 is 10.6 Å². The van der Waals surface area contributed by atoms with Crippen molar-refractivity contribution in [3.63, 3.8) is 0 Å². The molecule has 4 nitrogen and oxygen atoms in total. The first kappa shape index (κ1) is 18.1. The molecule has 24 heavy (non-hydrogen) atoms. The van der Waals surface area contributed by atoms with Crippen molar-refractivity contribution in [2.75, 3.05) is 5.32 Å². The van der Waals surface area contributed by atoms with Gasteiger partial charge in [0.1, 0.15) is 0 Å². The standard InChI is InChI=1S/C18H17Cl2N3O/c1-18(2,13-5-8-15(19)16(20)11-13)23-17(24)22-14-6-3-12(4-7-14)9-10-21/h3-8,11H,9H2,1-2H3,(H2,22,23,24). The number of hydrogen-bond donors (Lipinski definition) is 2. The zero-order valence-electron chi connectivity index (χ0n) is 13.4. The second kappa shape index (κ2) is 7.57. The lowest BCUT2D eigenvalue weighted by Crippen LogP contribution is -2.43. The molecule has 0 radical (unpaired) electrons. The number of halogens is 2. The van der Waals surface area contributed by atoms with Gasteiger partial charge in [0.25, 0.3) is 0 Å². The van der Waals surface area contributed by atoms with Crippen molar-refractivity contribution in [2.24, 2.45) is 0 Å². The molecule has 0 unspecified atom stereocenters. The van der Waals surface area contributed by atoms with Crippen molar-refractivity contribution in [1.82, 2.24) is 5.32 Å². The van der Waals surface area contributed by atoms with Gasteiger partial charge in [-0.15, -0.1) is 0 Å². The van der Waals surface area contributed by atoms with E-state index in [2.05, 4.69) is 16.7 Å². The topological polar surface area (TPSA) is 64.9 Å². The molecule has 2 rings (SSSR count). The normalized spacial score (nSPS) is 10.8. The van der Waals surface area contributed by atoms with E-state index in [0.29, 0.717) is 22.2 Å². The molecule has 0 aliphatic rings.